The van der Waals surface area contributed by atoms with E-state index in [1.54, 1.807) is 29.2 Å². The quantitative estimate of drug-likeness (QED) is 0.359. The Morgan fingerprint density at radius 3 is 2.84 bits per heavy atom. The molecule has 0 amide bonds. The van der Waals surface area contributed by atoms with E-state index in [-0.39, 0.29) is 12.6 Å². The summed E-state index contributed by atoms with van der Waals surface area (Å²) in [6.45, 7) is 6.68. The highest BCUT2D eigenvalue weighted by atomic mass is 32.2. The van der Waals surface area contributed by atoms with Crippen LogP contribution in [0, 0.1) is 12.8 Å². The molecular weight excluding hydrogens is 438 g/mol. The van der Waals surface area contributed by atoms with Crippen molar-refractivity contribution in [3.63, 3.8) is 0 Å². The predicted molar refractivity (Wildman–Crippen MR) is 138 cm³/mol. The maximum Gasteiger partial charge on any atom is 0.225 e. The van der Waals surface area contributed by atoms with Crippen molar-refractivity contribution in [1.82, 2.24) is 15.0 Å². The number of aliphatic hydroxyl groups is 1. The molecule has 32 heavy (non-hydrogen) atoms. The molecular formula is C24H29N5OS2. The molecule has 1 aliphatic carbocycles. The van der Waals surface area contributed by atoms with Crippen molar-refractivity contribution in [2.75, 3.05) is 30.0 Å². The third kappa shape index (κ3) is 5.14. The maximum atomic E-state index is 9.55. The maximum absolute atomic E-state index is 9.55. The standard InChI is InChI=1S/C24H29N5OS2/c1-4-7-18(31-3)13-25-24-26-15(2)21(23-28-19-8-5-6-9-20(19)32-23)22(29-24)27-17-11-10-16(12-17)14-30/h4-9,16-17,30H,1,10-14H2,2-3H3,(H2,25,26,27,29)/b18-7-. The number of thiazole rings is 1. The van der Waals surface area contributed by atoms with E-state index < -0.39 is 0 Å². The minimum Gasteiger partial charge on any atom is -0.396 e. The van der Waals surface area contributed by atoms with Crippen molar-refractivity contribution >= 4 is 45.1 Å². The van der Waals surface area contributed by atoms with Gasteiger partial charge in [0, 0.05) is 24.1 Å². The molecule has 1 fully saturated rings. The van der Waals surface area contributed by atoms with Gasteiger partial charge >= 0.3 is 0 Å². The first kappa shape index (κ1) is 22.8. The van der Waals surface area contributed by atoms with E-state index in [1.165, 1.54) is 0 Å². The summed E-state index contributed by atoms with van der Waals surface area (Å²) in [5, 5.41) is 17.5. The SMILES string of the molecule is C=C/C=C(/CNc1nc(C)c(-c2nc3ccccc3s2)c(NC2CCC(CO)C2)n1)SC. The Morgan fingerprint density at radius 2 is 2.12 bits per heavy atom. The molecule has 8 heteroatoms. The lowest BCUT2D eigenvalue weighted by Crippen LogP contribution is -2.19. The summed E-state index contributed by atoms with van der Waals surface area (Å²) in [4.78, 5) is 15.6. The minimum absolute atomic E-state index is 0.242. The molecule has 6 nitrogen and oxygen atoms in total. The molecule has 2 atom stereocenters. The number of hydrogen-bond acceptors (Lipinski definition) is 8. The number of fused-ring (bicyclic) bond motifs is 1. The molecule has 0 spiro atoms. The number of allylic oxidation sites excluding steroid dienone is 2. The number of thioether (sulfide) groups is 1. The number of aryl methyl sites for hydroxylation is 1. The van der Waals surface area contributed by atoms with Crippen molar-refractivity contribution in [1.29, 1.82) is 0 Å². The molecule has 0 aliphatic heterocycles. The minimum atomic E-state index is 0.242. The van der Waals surface area contributed by atoms with Gasteiger partial charge in [-0.15, -0.1) is 23.1 Å². The van der Waals surface area contributed by atoms with E-state index in [1.807, 2.05) is 37.5 Å². The average molecular weight is 468 g/mol. The number of nitrogens with zero attached hydrogens (tertiary/aromatic N) is 3. The molecule has 2 unspecified atom stereocenters. The summed E-state index contributed by atoms with van der Waals surface area (Å²) in [5.74, 6) is 1.75. The molecule has 0 radical (unpaired) electrons. The first-order chi connectivity index (χ1) is 15.6. The van der Waals surface area contributed by atoms with E-state index in [4.69, 9.17) is 15.0 Å². The number of para-hydroxylation sites is 1. The fraction of sp³-hybridized carbons (Fsp3) is 0.375. The zero-order valence-electron chi connectivity index (χ0n) is 18.5. The van der Waals surface area contributed by atoms with Gasteiger partial charge in [-0.2, -0.15) is 4.98 Å². The van der Waals surface area contributed by atoms with E-state index >= 15 is 0 Å². The Balaban J connectivity index is 1.69. The number of benzene rings is 1. The van der Waals surface area contributed by atoms with Crippen molar-refractivity contribution in [2.45, 2.75) is 32.2 Å². The lowest BCUT2D eigenvalue weighted by molar-refractivity contribution is 0.229. The van der Waals surface area contributed by atoms with Gasteiger partial charge in [0.1, 0.15) is 10.8 Å². The molecule has 168 valence electrons. The summed E-state index contributed by atoms with van der Waals surface area (Å²) >= 11 is 3.34. The van der Waals surface area contributed by atoms with Gasteiger partial charge in [0.25, 0.3) is 0 Å². The zero-order chi connectivity index (χ0) is 22.5. The second-order valence-electron chi connectivity index (χ2n) is 7.97. The number of aliphatic hydroxyl groups excluding tert-OH is 1. The van der Waals surface area contributed by atoms with Crippen LogP contribution in [0.15, 0.2) is 47.9 Å². The Kier molecular flexibility index (Phi) is 7.44. The van der Waals surface area contributed by atoms with Crippen LogP contribution in [-0.4, -0.2) is 45.5 Å². The van der Waals surface area contributed by atoms with Crippen LogP contribution in [0.5, 0.6) is 0 Å². The van der Waals surface area contributed by atoms with Crippen LogP contribution in [0.2, 0.25) is 0 Å². The van der Waals surface area contributed by atoms with Crippen molar-refractivity contribution in [2.24, 2.45) is 5.92 Å². The third-order valence-electron chi connectivity index (χ3n) is 5.72. The van der Waals surface area contributed by atoms with Crippen LogP contribution in [0.3, 0.4) is 0 Å². The van der Waals surface area contributed by atoms with Crippen molar-refractivity contribution in [3.8, 4) is 10.6 Å². The number of anilines is 2. The molecule has 2 heterocycles. The summed E-state index contributed by atoms with van der Waals surface area (Å²) in [5.41, 5.74) is 2.83. The molecule has 3 N–H and O–H groups in total. The number of aromatic nitrogens is 3. The zero-order valence-corrected chi connectivity index (χ0v) is 20.1. The monoisotopic (exact) mass is 467 g/mol. The molecule has 1 aliphatic rings. The molecule has 4 rings (SSSR count). The molecule has 3 aromatic rings. The number of rotatable bonds is 9. The van der Waals surface area contributed by atoms with Crippen LogP contribution in [0.25, 0.3) is 20.8 Å². The molecule has 1 aromatic carbocycles. The molecule has 0 saturated heterocycles. The lowest BCUT2D eigenvalue weighted by Gasteiger charge is -2.18. The van der Waals surface area contributed by atoms with Crippen molar-refractivity contribution in [3.05, 3.63) is 53.6 Å². The Bertz CT molecular complexity index is 1090. The Hall–Kier alpha value is -2.42. The largest absolute Gasteiger partial charge is 0.396 e. The molecule has 2 aromatic heterocycles. The van der Waals surface area contributed by atoms with Gasteiger partial charge in [-0.3, -0.25) is 0 Å². The lowest BCUT2D eigenvalue weighted by atomic mass is 10.1. The Labute approximate surface area is 197 Å². The summed E-state index contributed by atoms with van der Waals surface area (Å²) < 4.78 is 1.15. The smallest absolute Gasteiger partial charge is 0.225 e. The van der Waals surface area contributed by atoms with Gasteiger partial charge < -0.3 is 15.7 Å². The van der Waals surface area contributed by atoms with Gasteiger partial charge in [0.2, 0.25) is 5.95 Å². The highest BCUT2D eigenvalue weighted by Gasteiger charge is 2.26. The molecule has 1 saturated carbocycles. The summed E-state index contributed by atoms with van der Waals surface area (Å²) in [6, 6.07) is 8.45. The highest BCUT2D eigenvalue weighted by molar-refractivity contribution is 8.02. The van der Waals surface area contributed by atoms with E-state index in [0.717, 1.165) is 56.5 Å². The summed E-state index contributed by atoms with van der Waals surface area (Å²) in [6.07, 6.45) is 8.83. The van der Waals surface area contributed by atoms with Gasteiger partial charge in [-0.1, -0.05) is 30.9 Å². The Morgan fingerprint density at radius 1 is 1.28 bits per heavy atom. The van der Waals surface area contributed by atoms with Crippen LogP contribution in [-0.2, 0) is 0 Å². The van der Waals surface area contributed by atoms with Crippen molar-refractivity contribution < 1.29 is 5.11 Å². The van der Waals surface area contributed by atoms with Gasteiger partial charge in [-0.05, 0) is 50.5 Å². The number of hydrogen-bond donors (Lipinski definition) is 3. The first-order valence-electron chi connectivity index (χ1n) is 10.8. The normalized spacial score (nSPS) is 18.8. The van der Waals surface area contributed by atoms with Crippen LogP contribution < -0.4 is 10.6 Å². The molecule has 0 bridgehead atoms. The van der Waals surface area contributed by atoms with Crippen LogP contribution in [0.4, 0.5) is 11.8 Å². The second kappa shape index (κ2) is 10.5. The van der Waals surface area contributed by atoms with E-state index in [2.05, 4.69) is 23.3 Å². The van der Waals surface area contributed by atoms with Gasteiger partial charge in [-0.25, -0.2) is 9.97 Å². The fourth-order valence-corrected chi connectivity index (χ4v) is 5.57. The summed E-state index contributed by atoms with van der Waals surface area (Å²) in [7, 11) is 0. The van der Waals surface area contributed by atoms with Crippen LogP contribution in [0.1, 0.15) is 25.0 Å². The van der Waals surface area contributed by atoms with E-state index in [0.29, 0.717) is 18.4 Å². The number of nitrogens with one attached hydrogen (secondary N) is 2. The average Bonchev–Trinajstić information content (AvgIpc) is 3.42. The topological polar surface area (TPSA) is 83.0 Å². The predicted octanol–water partition coefficient (Wildman–Crippen LogP) is 5.48. The highest BCUT2D eigenvalue weighted by Crippen LogP contribution is 2.37. The van der Waals surface area contributed by atoms with Crippen LogP contribution >= 0.6 is 23.1 Å². The van der Waals surface area contributed by atoms with Gasteiger partial charge in [0.15, 0.2) is 0 Å². The van der Waals surface area contributed by atoms with E-state index in [9.17, 15) is 5.11 Å². The first-order valence-corrected chi connectivity index (χ1v) is 12.9. The second-order valence-corrected chi connectivity index (χ2v) is 9.94. The van der Waals surface area contributed by atoms with Gasteiger partial charge in [0.05, 0.1) is 21.5 Å². The fourth-order valence-electron chi connectivity index (χ4n) is 4.05. The third-order valence-corrected chi connectivity index (χ3v) is 7.58.